The summed E-state index contributed by atoms with van der Waals surface area (Å²) in [6.07, 6.45) is 0. The van der Waals surface area contributed by atoms with Gasteiger partial charge in [0.25, 0.3) is 17.7 Å². The van der Waals surface area contributed by atoms with Crippen LogP contribution in [0.3, 0.4) is 0 Å². The first-order valence-electron chi connectivity index (χ1n) is 9.79. The van der Waals surface area contributed by atoms with E-state index in [0.29, 0.717) is 32.5 Å². The van der Waals surface area contributed by atoms with Gasteiger partial charge in [0.2, 0.25) is 0 Å². The fourth-order valence-corrected chi connectivity index (χ4v) is 4.47. The van der Waals surface area contributed by atoms with Crippen molar-refractivity contribution in [1.82, 2.24) is 10.9 Å². The van der Waals surface area contributed by atoms with E-state index in [9.17, 15) is 14.4 Å². The molecule has 4 rings (SSSR count). The molecule has 3 amide bonds. The Morgan fingerprint density at radius 1 is 0.788 bits per heavy atom. The number of anilines is 1. The lowest BCUT2D eigenvalue weighted by Gasteiger charge is -2.09. The molecule has 0 aliphatic rings. The van der Waals surface area contributed by atoms with Crippen LogP contribution in [-0.2, 0) is 0 Å². The Bertz CT molecular complexity index is 1330. The Kier molecular flexibility index (Phi) is 6.58. The number of benzene rings is 3. The van der Waals surface area contributed by atoms with E-state index in [4.69, 9.17) is 16.3 Å². The molecule has 1 aromatic heterocycles. The minimum atomic E-state index is -0.506. The molecule has 3 aromatic carbocycles. The Hall–Kier alpha value is -3.88. The van der Waals surface area contributed by atoms with Gasteiger partial charge in [-0.2, -0.15) is 0 Å². The van der Waals surface area contributed by atoms with Gasteiger partial charge in [-0.05, 0) is 54.6 Å². The molecule has 0 aliphatic heterocycles. The van der Waals surface area contributed by atoms with Gasteiger partial charge in [0.15, 0.2) is 0 Å². The molecular formula is C24H18ClN3O4S. The van der Waals surface area contributed by atoms with Crippen molar-refractivity contribution in [2.24, 2.45) is 0 Å². The van der Waals surface area contributed by atoms with Crippen LogP contribution >= 0.6 is 22.9 Å². The highest BCUT2D eigenvalue weighted by atomic mass is 35.5. The highest BCUT2D eigenvalue weighted by Gasteiger charge is 2.17. The third kappa shape index (κ3) is 4.97. The summed E-state index contributed by atoms with van der Waals surface area (Å²) < 4.78 is 5.96. The van der Waals surface area contributed by atoms with Gasteiger partial charge in [0, 0.05) is 26.9 Å². The molecule has 0 spiro atoms. The summed E-state index contributed by atoms with van der Waals surface area (Å²) in [6.45, 7) is 0. The number of methoxy groups -OCH3 is 1. The van der Waals surface area contributed by atoms with E-state index in [1.165, 1.54) is 23.5 Å². The van der Waals surface area contributed by atoms with E-state index in [-0.39, 0.29) is 5.91 Å². The summed E-state index contributed by atoms with van der Waals surface area (Å²) >= 11 is 7.54. The predicted octanol–water partition coefficient (Wildman–Crippen LogP) is 4.89. The highest BCUT2D eigenvalue weighted by Crippen LogP contribution is 2.34. The average molecular weight is 480 g/mol. The van der Waals surface area contributed by atoms with E-state index >= 15 is 0 Å². The van der Waals surface area contributed by atoms with E-state index in [1.54, 1.807) is 43.5 Å². The van der Waals surface area contributed by atoms with Crippen LogP contribution in [0.25, 0.3) is 10.1 Å². The lowest BCUT2D eigenvalue weighted by atomic mass is 10.1. The molecule has 0 bridgehead atoms. The summed E-state index contributed by atoms with van der Waals surface area (Å²) in [5.74, 6) is -0.641. The molecule has 7 nitrogen and oxygen atoms in total. The maximum Gasteiger partial charge on any atom is 0.281 e. The zero-order valence-electron chi connectivity index (χ0n) is 17.3. The number of thiophene rings is 1. The molecule has 3 N–H and O–H groups in total. The van der Waals surface area contributed by atoms with E-state index < -0.39 is 11.8 Å². The van der Waals surface area contributed by atoms with Crippen LogP contribution in [0.5, 0.6) is 5.75 Å². The number of ether oxygens (including phenoxy) is 1. The van der Waals surface area contributed by atoms with Gasteiger partial charge >= 0.3 is 0 Å². The largest absolute Gasteiger partial charge is 0.497 e. The van der Waals surface area contributed by atoms with Crippen LogP contribution in [-0.4, -0.2) is 24.8 Å². The van der Waals surface area contributed by atoms with Crippen molar-refractivity contribution < 1.29 is 19.1 Å². The standard InChI is InChI=1S/C24H18ClN3O4S/c1-32-17-12-8-14(9-13-17)22(29)26-16-10-6-15(7-11-16)23(30)27-28-24(31)21-20(25)18-4-2-3-5-19(18)33-21/h2-13H,1H3,(H,26,29)(H,27,30)(H,28,31). The first-order chi connectivity index (χ1) is 16.0. The number of hydrazine groups is 1. The first-order valence-corrected chi connectivity index (χ1v) is 11.0. The molecule has 1 heterocycles. The predicted molar refractivity (Wildman–Crippen MR) is 129 cm³/mol. The topological polar surface area (TPSA) is 96.5 Å². The van der Waals surface area contributed by atoms with Gasteiger partial charge < -0.3 is 10.1 Å². The zero-order valence-corrected chi connectivity index (χ0v) is 18.9. The Balaban J connectivity index is 1.35. The SMILES string of the molecule is COc1ccc(C(=O)Nc2ccc(C(=O)NNC(=O)c3sc4ccccc4c3Cl)cc2)cc1. The summed E-state index contributed by atoms with van der Waals surface area (Å²) in [5.41, 5.74) is 6.06. The van der Waals surface area contributed by atoms with E-state index in [1.807, 2.05) is 24.3 Å². The number of rotatable bonds is 5. The van der Waals surface area contributed by atoms with Gasteiger partial charge in [-0.3, -0.25) is 25.2 Å². The molecule has 166 valence electrons. The van der Waals surface area contributed by atoms with Crippen molar-refractivity contribution in [2.45, 2.75) is 0 Å². The first kappa shape index (κ1) is 22.3. The molecule has 0 radical (unpaired) electrons. The zero-order chi connectivity index (χ0) is 23.4. The number of hydrogen-bond acceptors (Lipinski definition) is 5. The number of halogens is 1. The van der Waals surface area contributed by atoms with Gasteiger partial charge in [-0.15, -0.1) is 11.3 Å². The maximum atomic E-state index is 12.5. The molecule has 0 saturated carbocycles. The summed E-state index contributed by atoms with van der Waals surface area (Å²) in [4.78, 5) is 37.5. The monoisotopic (exact) mass is 479 g/mol. The smallest absolute Gasteiger partial charge is 0.281 e. The number of hydrogen-bond donors (Lipinski definition) is 3. The highest BCUT2D eigenvalue weighted by molar-refractivity contribution is 7.21. The molecule has 33 heavy (non-hydrogen) atoms. The van der Waals surface area contributed by atoms with Crippen LogP contribution in [0.2, 0.25) is 5.02 Å². The number of carbonyl (C=O) groups is 3. The summed E-state index contributed by atoms with van der Waals surface area (Å²) in [7, 11) is 1.55. The van der Waals surface area contributed by atoms with Crippen molar-refractivity contribution in [3.05, 3.63) is 93.8 Å². The molecular weight excluding hydrogens is 462 g/mol. The van der Waals surface area contributed by atoms with Crippen LogP contribution in [0.4, 0.5) is 5.69 Å². The minimum Gasteiger partial charge on any atom is -0.497 e. The molecule has 0 atom stereocenters. The molecule has 9 heteroatoms. The van der Waals surface area contributed by atoms with Gasteiger partial charge in [0.1, 0.15) is 10.6 Å². The lowest BCUT2D eigenvalue weighted by molar-refractivity contribution is 0.0849. The van der Waals surface area contributed by atoms with E-state index in [2.05, 4.69) is 16.2 Å². The third-order valence-electron chi connectivity index (χ3n) is 4.79. The molecule has 0 unspecified atom stereocenters. The van der Waals surface area contributed by atoms with Crippen molar-refractivity contribution in [1.29, 1.82) is 0 Å². The number of carbonyl (C=O) groups excluding carboxylic acids is 3. The number of nitrogens with one attached hydrogen (secondary N) is 3. The maximum absolute atomic E-state index is 12.5. The van der Waals surface area contributed by atoms with Crippen molar-refractivity contribution in [2.75, 3.05) is 12.4 Å². The van der Waals surface area contributed by atoms with Crippen molar-refractivity contribution >= 4 is 56.4 Å². The molecule has 4 aromatic rings. The fraction of sp³-hybridized carbons (Fsp3) is 0.0417. The van der Waals surface area contributed by atoms with Crippen LogP contribution in [0, 0.1) is 0 Å². The summed E-state index contributed by atoms with van der Waals surface area (Å²) in [5, 5.41) is 3.89. The molecule has 0 saturated heterocycles. The van der Waals surface area contributed by atoms with Crippen LogP contribution < -0.4 is 20.9 Å². The second kappa shape index (κ2) is 9.72. The van der Waals surface area contributed by atoms with Crippen LogP contribution in [0.15, 0.2) is 72.8 Å². The molecule has 0 fully saturated rings. The van der Waals surface area contributed by atoms with Crippen molar-refractivity contribution in [3.63, 3.8) is 0 Å². The van der Waals surface area contributed by atoms with E-state index in [0.717, 1.165) is 10.1 Å². The Morgan fingerprint density at radius 2 is 1.39 bits per heavy atom. The minimum absolute atomic E-state index is 0.290. The lowest BCUT2D eigenvalue weighted by Crippen LogP contribution is -2.41. The van der Waals surface area contributed by atoms with Gasteiger partial charge in [-0.1, -0.05) is 29.8 Å². The summed E-state index contributed by atoms with van der Waals surface area (Å²) in [6, 6.07) is 20.4. The number of fused-ring (bicyclic) bond motifs is 1. The van der Waals surface area contributed by atoms with Crippen molar-refractivity contribution in [3.8, 4) is 5.75 Å². The average Bonchev–Trinajstić information content (AvgIpc) is 3.19. The normalized spacial score (nSPS) is 10.5. The Morgan fingerprint density at radius 3 is 2.06 bits per heavy atom. The van der Waals surface area contributed by atoms with Gasteiger partial charge in [-0.25, -0.2) is 0 Å². The second-order valence-electron chi connectivity index (χ2n) is 6.91. The fourth-order valence-electron chi connectivity index (χ4n) is 3.05. The van der Waals surface area contributed by atoms with Crippen LogP contribution in [0.1, 0.15) is 30.4 Å². The quantitative estimate of drug-likeness (QED) is 0.355. The molecule has 0 aliphatic carbocycles. The third-order valence-corrected chi connectivity index (χ3v) is 6.46. The number of amides is 3. The Labute approximate surface area is 198 Å². The second-order valence-corrected chi connectivity index (χ2v) is 8.34. The van der Waals surface area contributed by atoms with Gasteiger partial charge in [0.05, 0.1) is 12.1 Å².